The number of nitrogens with zero attached hydrogens (tertiary/aromatic N) is 3. The summed E-state index contributed by atoms with van der Waals surface area (Å²) in [6, 6.07) is 18.5. The number of fused-ring (bicyclic) bond motifs is 3. The van der Waals surface area contributed by atoms with E-state index in [2.05, 4.69) is 40.6 Å². The predicted octanol–water partition coefficient (Wildman–Crippen LogP) is 3.86. The number of hydrogen-bond acceptors (Lipinski definition) is 6. The summed E-state index contributed by atoms with van der Waals surface area (Å²) in [5.74, 6) is 0.238. The Bertz CT molecular complexity index is 1300. The molecule has 4 aromatic rings. The third kappa shape index (κ3) is 3.16. The number of rotatable bonds is 4. The molecule has 1 saturated carbocycles. The van der Waals surface area contributed by atoms with Gasteiger partial charge in [0.05, 0.1) is 17.8 Å². The van der Waals surface area contributed by atoms with E-state index in [-0.39, 0.29) is 30.8 Å². The fourth-order valence-electron chi connectivity index (χ4n) is 5.18. The molecule has 2 aromatic heterocycles. The van der Waals surface area contributed by atoms with E-state index in [1.807, 2.05) is 42.6 Å². The van der Waals surface area contributed by atoms with E-state index in [9.17, 15) is 5.11 Å². The molecule has 6 rings (SSSR count). The first-order valence-corrected chi connectivity index (χ1v) is 11.1. The van der Waals surface area contributed by atoms with Crippen LogP contribution in [0.2, 0.25) is 0 Å². The second-order valence-electron chi connectivity index (χ2n) is 9.15. The van der Waals surface area contributed by atoms with Crippen molar-refractivity contribution in [2.75, 3.05) is 11.9 Å². The monoisotopic (exact) mass is 430 g/mol. The standard InChI is InChI=1S/C25H26N4O3/c1-25(2)31-23-16(14-30)12-20(24(23)32-25)27-21-10-11-26-22-13-19(28-29(21)22)18-9-5-7-15-6-3-4-8-17(15)18/h3-11,13,16,20,23-24,27,30H,12,14H2,1-2H3. The SMILES string of the molecule is CC1(C)OC2C(CO)CC(Nc3ccnc4cc(-c5cccc6ccccc56)nn34)C2O1. The van der Waals surface area contributed by atoms with Gasteiger partial charge in [0.15, 0.2) is 11.4 Å². The molecule has 1 aliphatic carbocycles. The Labute approximate surface area is 186 Å². The van der Waals surface area contributed by atoms with Gasteiger partial charge in [-0.15, -0.1) is 0 Å². The van der Waals surface area contributed by atoms with Gasteiger partial charge >= 0.3 is 0 Å². The molecule has 7 nitrogen and oxygen atoms in total. The lowest BCUT2D eigenvalue weighted by molar-refractivity contribution is -0.158. The van der Waals surface area contributed by atoms with Crippen LogP contribution in [0, 0.1) is 5.92 Å². The molecule has 2 N–H and O–H groups in total. The second kappa shape index (κ2) is 7.27. The summed E-state index contributed by atoms with van der Waals surface area (Å²) in [6.45, 7) is 3.92. The van der Waals surface area contributed by atoms with Crippen LogP contribution in [0.5, 0.6) is 0 Å². The number of ether oxygens (including phenoxy) is 2. The average molecular weight is 431 g/mol. The molecule has 0 spiro atoms. The quantitative estimate of drug-likeness (QED) is 0.512. The predicted molar refractivity (Wildman–Crippen MR) is 122 cm³/mol. The van der Waals surface area contributed by atoms with Gasteiger partial charge in [0.1, 0.15) is 11.9 Å². The van der Waals surface area contributed by atoms with E-state index < -0.39 is 5.79 Å². The van der Waals surface area contributed by atoms with Crippen LogP contribution in [-0.2, 0) is 9.47 Å². The number of aliphatic hydroxyl groups excluding tert-OH is 1. The lowest BCUT2D eigenvalue weighted by Gasteiger charge is -2.24. The van der Waals surface area contributed by atoms with E-state index in [0.717, 1.165) is 34.5 Å². The molecule has 0 radical (unpaired) electrons. The Morgan fingerprint density at radius 1 is 1.09 bits per heavy atom. The third-order valence-electron chi connectivity index (χ3n) is 6.57. The molecule has 3 heterocycles. The topological polar surface area (TPSA) is 80.9 Å². The maximum Gasteiger partial charge on any atom is 0.163 e. The lowest BCUT2D eigenvalue weighted by Crippen LogP contribution is -2.35. The van der Waals surface area contributed by atoms with Crippen LogP contribution in [0.25, 0.3) is 27.7 Å². The number of nitrogens with one attached hydrogen (secondary N) is 1. The minimum Gasteiger partial charge on any atom is -0.396 e. The Balaban J connectivity index is 1.37. The summed E-state index contributed by atoms with van der Waals surface area (Å²) in [7, 11) is 0. The van der Waals surface area contributed by atoms with Crippen LogP contribution in [0.1, 0.15) is 20.3 Å². The third-order valence-corrected chi connectivity index (χ3v) is 6.57. The van der Waals surface area contributed by atoms with Crippen molar-refractivity contribution in [3.05, 3.63) is 60.8 Å². The van der Waals surface area contributed by atoms with Crippen molar-refractivity contribution in [2.45, 2.75) is 44.3 Å². The fraction of sp³-hybridized carbons (Fsp3) is 0.360. The van der Waals surface area contributed by atoms with Crippen molar-refractivity contribution in [1.82, 2.24) is 14.6 Å². The van der Waals surface area contributed by atoms with Gasteiger partial charge in [-0.2, -0.15) is 9.61 Å². The first kappa shape index (κ1) is 19.7. The molecule has 1 saturated heterocycles. The zero-order valence-electron chi connectivity index (χ0n) is 18.1. The molecule has 2 fully saturated rings. The average Bonchev–Trinajstić information content (AvgIpc) is 3.45. The molecule has 2 aliphatic rings. The molecule has 4 atom stereocenters. The summed E-state index contributed by atoms with van der Waals surface area (Å²) in [4.78, 5) is 4.53. The largest absolute Gasteiger partial charge is 0.396 e. The minimum absolute atomic E-state index is 0.00901. The first-order valence-electron chi connectivity index (χ1n) is 11.1. The van der Waals surface area contributed by atoms with Crippen LogP contribution < -0.4 is 5.32 Å². The van der Waals surface area contributed by atoms with Gasteiger partial charge in [-0.25, -0.2) is 4.98 Å². The second-order valence-corrected chi connectivity index (χ2v) is 9.15. The Morgan fingerprint density at radius 2 is 1.91 bits per heavy atom. The zero-order chi connectivity index (χ0) is 21.9. The minimum atomic E-state index is -0.649. The van der Waals surface area contributed by atoms with Crippen LogP contribution >= 0.6 is 0 Å². The van der Waals surface area contributed by atoms with Crippen molar-refractivity contribution in [2.24, 2.45) is 5.92 Å². The Morgan fingerprint density at radius 3 is 2.78 bits per heavy atom. The van der Waals surface area contributed by atoms with Gasteiger partial charge in [-0.3, -0.25) is 0 Å². The number of aromatic nitrogens is 3. The molecular formula is C25H26N4O3. The van der Waals surface area contributed by atoms with E-state index in [1.54, 1.807) is 6.20 Å². The molecule has 0 bridgehead atoms. The maximum atomic E-state index is 9.86. The lowest BCUT2D eigenvalue weighted by atomic mass is 10.0. The molecule has 1 aliphatic heterocycles. The summed E-state index contributed by atoms with van der Waals surface area (Å²) in [5, 5.41) is 20.7. The molecule has 2 aromatic carbocycles. The number of anilines is 1. The van der Waals surface area contributed by atoms with Crippen molar-refractivity contribution < 1.29 is 14.6 Å². The van der Waals surface area contributed by atoms with Crippen molar-refractivity contribution >= 4 is 22.2 Å². The Kier molecular flexibility index (Phi) is 4.47. The highest BCUT2D eigenvalue weighted by Gasteiger charge is 2.53. The zero-order valence-corrected chi connectivity index (χ0v) is 18.1. The van der Waals surface area contributed by atoms with Crippen LogP contribution in [0.4, 0.5) is 5.82 Å². The summed E-state index contributed by atoms with van der Waals surface area (Å²) < 4.78 is 14.1. The van der Waals surface area contributed by atoms with Crippen LogP contribution in [-0.4, -0.2) is 50.3 Å². The fourth-order valence-corrected chi connectivity index (χ4v) is 5.18. The molecule has 7 heteroatoms. The number of hydrogen-bond donors (Lipinski definition) is 2. The van der Waals surface area contributed by atoms with Crippen LogP contribution in [0.15, 0.2) is 60.8 Å². The summed E-state index contributed by atoms with van der Waals surface area (Å²) in [6.07, 6.45) is 2.31. The van der Waals surface area contributed by atoms with Gasteiger partial charge in [0.25, 0.3) is 0 Å². The summed E-state index contributed by atoms with van der Waals surface area (Å²) in [5.41, 5.74) is 2.73. The molecule has 32 heavy (non-hydrogen) atoms. The van der Waals surface area contributed by atoms with E-state index in [1.165, 1.54) is 5.39 Å². The number of benzene rings is 2. The van der Waals surface area contributed by atoms with Crippen molar-refractivity contribution in [1.29, 1.82) is 0 Å². The van der Waals surface area contributed by atoms with E-state index in [4.69, 9.17) is 14.6 Å². The van der Waals surface area contributed by atoms with Gasteiger partial charge in [0, 0.05) is 30.4 Å². The highest BCUT2D eigenvalue weighted by Crippen LogP contribution is 2.42. The smallest absolute Gasteiger partial charge is 0.163 e. The Hall–Kier alpha value is -3.00. The van der Waals surface area contributed by atoms with Crippen LogP contribution in [0.3, 0.4) is 0 Å². The number of aliphatic hydroxyl groups is 1. The normalized spacial score (nSPS) is 26.6. The van der Waals surface area contributed by atoms with E-state index in [0.29, 0.717) is 0 Å². The van der Waals surface area contributed by atoms with Gasteiger partial charge in [-0.1, -0.05) is 42.5 Å². The van der Waals surface area contributed by atoms with Gasteiger partial charge in [-0.05, 0) is 37.1 Å². The van der Waals surface area contributed by atoms with E-state index >= 15 is 0 Å². The molecular weight excluding hydrogens is 404 g/mol. The maximum absolute atomic E-state index is 9.86. The van der Waals surface area contributed by atoms with Crippen molar-refractivity contribution in [3.8, 4) is 11.3 Å². The highest BCUT2D eigenvalue weighted by molar-refractivity contribution is 5.96. The highest BCUT2D eigenvalue weighted by atomic mass is 16.8. The first-order chi connectivity index (χ1) is 15.5. The molecule has 0 amide bonds. The summed E-state index contributed by atoms with van der Waals surface area (Å²) >= 11 is 0. The van der Waals surface area contributed by atoms with Gasteiger partial charge < -0.3 is 19.9 Å². The molecule has 164 valence electrons. The van der Waals surface area contributed by atoms with Crippen molar-refractivity contribution in [3.63, 3.8) is 0 Å². The molecule has 4 unspecified atom stereocenters. The van der Waals surface area contributed by atoms with Gasteiger partial charge in [0.2, 0.25) is 0 Å².